The SMILES string of the molecule is [O]=[Ru](=[O])(=[O])([O-])[O-].c1cc[n+](-c2ccncc2)cc1.c1cc[n+](-c2ccncc2)cc1. The van der Waals surface area contributed by atoms with E-state index in [9.17, 15) is 0 Å². The minimum atomic E-state index is -7.72. The third-order valence-corrected chi connectivity index (χ3v) is 3.35. The van der Waals surface area contributed by atoms with Crippen LogP contribution in [0.25, 0.3) is 11.4 Å². The van der Waals surface area contributed by atoms with Crippen LogP contribution in [0.15, 0.2) is 110 Å². The molecule has 0 aromatic carbocycles. The molecule has 0 radical (unpaired) electrons. The van der Waals surface area contributed by atoms with Crippen LogP contribution in [0, 0.1) is 0 Å². The van der Waals surface area contributed by atoms with Gasteiger partial charge in [0.25, 0.3) is 0 Å². The maximum atomic E-state index is 8.64. The molecule has 0 bridgehead atoms. The van der Waals surface area contributed by atoms with Crippen LogP contribution in [0.2, 0.25) is 0 Å². The Hall–Kier alpha value is -3.46. The Morgan fingerprint density at radius 3 is 1.10 bits per heavy atom. The van der Waals surface area contributed by atoms with Crippen molar-refractivity contribution < 1.29 is 41.9 Å². The molecule has 0 atom stereocenters. The molecule has 4 aromatic heterocycles. The second-order valence-corrected chi connectivity index (χ2v) is 8.46. The summed E-state index contributed by atoms with van der Waals surface area (Å²) in [6, 6.07) is 19.9. The summed E-state index contributed by atoms with van der Waals surface area (Å²) in [5.74, 6) is 0. The molecule has 0 aliphatic rings. The van der Waals surface area contributed by atoms with Crippen LogP contribution in [0.5, 0.6) is 0 Å². The van der Waals surface area contributed by atoms with Crippen LogP contribution >= 0.6 is 0 Å². The number of hydrogen-bond acceptors (Lipinski definition) is 7. The van der Waals surface area contributed by atoms with Crippen molar-refractivity contribution in [3.63, 3.8) is 0 Å². The van der Waals surface area contributed by atoms with Gasteiger partial charge in [0.05, 0.1) is 0 Å². The van der Waals surface area contributed by atoms with Crippen molar-refractivity contribution in [3.05, 3.63) is 110 Å². The van der Waals surface area contributed by atoms with E-state index >= 15 is 0 Å². The maximum absolute atomic E-state index is 8.64. The Morgan fingerprint density at radius 2 is 0.833 bits per heavy atom. The second-order valence-electron chi connectivity index (χ2n) is 5.57. The standard InChI is InChI=1S/2C10H9N2.5O.Ru/c2*1-2-8-12(9-3-1)10-4-6-11-7-5-10;;;;;;/h2*1-9H;;;;;;/q2*+1;;;;2*-1;. The first-order chi connectivity index (χ1) is 14.2. The molecule has 4 aromatic rings. The summed E-state index contributed by atoms with van der Waals surface area (Å²) in [4.78, 5) is 7.92. The van der Waals surface area contributed by atoms with Gasteiger partial charge in [-0.25, -0.2) is 0 Å². The predicted molar refractivity (Wildman–Crippen MR) is 93.6 cm³/mol. The van der Waals surface area contributed by atoms with Gasteiger partial charge in [-0.3, -0.25) is 9.97 Å². The Kier molecular flexibility index (Phi) is 7.88. The summed E-state index contributed by atoms with van der Waals surface area (Å²) in [7, 11) is 0. The average molecular weight is 495 g/mol. The van der Waals surface area contributed by atoms with E-state index < -0.39 is 14.2 Å². The minimum absolute atomic E-state index is 1.13. The van der Waals surface area contributed by atoms with E-state index in [1.54, 1.807) is 24.8 Å². The normalized spacial score (nSPS) is 11.5. The van der Waals surface area contributed by atoms with Gasteiger partial charge >= 0.3 is 32.8 Å². The Balaban J connectivity index is 0.000000171. The van der Waals surface area contributed by atoms with Crippen molar-refractivity contribution in [1.82, 2.24) is 9.97 Å². The fourth-order valence-corrected chi connectivity index (χ4v) is 2.17. The van der Waals surface area contributed by atoms with Gasteiger partial charge < -0.3 is 0 Å². The van der Waals surface area contributed by atoms with Gasteiger partial charge in [0.2, 0.25) is 11.4 Å². The summed E-state index contributed by atoms with van der Waals surface area (Å²) < 4.78 is 47.3. The van der Waals surface area contributed by atoms with Crippen molar-refractivity contribution >= 4 is 0 Å². The van der Waals surface area contributed by atoms with Gasteiger partial charge in [-0.1, -0.05) is 12.1 Å². The molecule has 156 valence electrons. The number of pyridine rings is 4. The van der Waals surface area contributed by atoms with Crippen molar-refractivity contribution in [3.8, 4) is 11.4 Å². The quantitative estimate of drug-likeness (QED) is 0.282. The van der Waals surface area contributed by atoms with Crippen LogP contribution in [0.3, 0.4) is 0 Å². The zero-order valence-corrected chi connectivity index (χ0v) is 17.3. The van der Waals surface area contributed by atoms with Crippen LogP contribution in [0.1, 0.15) is 0 Å². The van der Waals surface area contributed by atoms with E-state index in [4.69, 9.17) is 18.6 Å². The summed E-state index contributed by atoms with van der Waals surface area (Å²) in [5, 5.41) is 0. The molecule has 0 aliphatic carbocycles. The number of nitrogens with zero attached hydrogens (tertiary/aromatic N) is 4. The Labute approximate surface area is 173 Å². The molecular weight excluding hydrogens is 477 g/mol. The third kappa shape index (κ3) is 10.2. The van der Waals surface area contributed by atoms with E-state index in [1.165, 1.54) is 0 Å². The van der Waals surface area contributed by atoms with Crippen molar-refractivity contribution in [2.24, 2.45) is 0 Å². The summed E-state index contributed by atoms with van der Waals surface area (Å²) in [6.07, 6.45) is 15.2. The monoisotopic (exact) mass is 496 g/mol. The smallest absolute Gasteiger partial charge is 0.213 e. The molecule has 0 saturated heterocycles. The van der Waals surface area contributed by atoms with Crippen molar-refractivity contribution in [1.29, 1.82) is 0 Å². The fraction of sp³-hybridized carbons (Fsp3) is 0. The fourth-order valence-electron chi connectivity index (χ4n) is 2.17. The van der Waals surface area contributed by atoms with Crippen molar-refractivity contribution in [2.75, 3.05) is 0 Å². The van der Waals surface area contributed by atoms with E-state index in [2.05, 4.69) is 9.97 Å². The summed E-state index contributed by atoms with van der Waals surface area (Å²) in [6.45, 7) is 0. The number of hydrogen-bond donors (Lipinski definition) is 0. The van der Waals surface area contributed by atoms with E-state index in [0.717, 1.165) is 11.4 Å². The largest absolute Gasteiger partial charge is 0.264 e. The topological polar surface area (TPSA) is 131 Å². The third-order valence-electron chi connectivity index (χ3n) is 3.35. The second kappa shape index (κ2) is 10.4. The van der Waals surface area contributed by atoms with E-state index in [-0.39, 0.29) is 0 Å². The molecule has 10 heteroatoms. The Bertz CT molecular complexity index is 1060. The number of rotatable bonds is 2. The predicted octanol–water partition coefficient (Wildman–Crippen LogP) is -0.0203. The molecule has 0 amide bonds. The van der Waals surface area contributed by atoms with Crippen LogP contribution in [-0.4, -0.2) is 9.97 Å². The molecule has 0 fully saturated rings. The van der Waals surface area contributed by atoms with Gasteiger partial charge in [0.15, 0.2) is 24.8 Å². The van der Waals surface area contributed by atoms with Gasteiger partial charge in [-0.2, -0.15) is 9.13 Å². The molecule has 0 aliphatic heterocycles. The van der Waals surface area contributed by atoms with Gasteiger partial charge in [0.1, 0.15) is 0 Å². The summed E-state index contributed by atoms with van der Waals surface area (Å²) in [5.41, 5.74) is 2.26. The molecule has 4 heterocycles. The van der Waals surface area contributed by atoms with Crippen molar-refractivity contribution in [2.45, 2.75) is 0 Å². The molecule has 0 saturated carbocycles. The zero-order valence-electron chi connectivity index (χ0n) is 15.6. The first-order valence-corrected chi connectivity index (χ1v) is 11.9. The van der Waals surface area contributed by atoms with Gasteiger partial charge in [-0.05, 0) is 0 Å². The van der Waals surface area contributed by atoms with Gasteiger partial charge in [0, 0.05) is 73.3 Å². The van der Waals surface area contributed by atoms with E-state index in [1.807, 2.05) is 94.6 Å². The molecular formula is C20H18N4O5Ru. The van der Waals surface area contributed by atoms with Gasteiger partial charge in [-0.15, -0.1) is 0 Å². The zero-order chi connectivity index (χ0) is 21.9. The maximum Gasteiger partial charge on any atom is 0.213 e. The average Bonchev–Trinajstić information content (AvgIpc) is 2.75. The van der Waals surface area contributed by atoms with Crippen LogP contribution < -0.4 is 17.0 Å². The summed E-state index contributed by atoms with van der Waals surface area (Å²) >= 11 is -7.72. The number of aromatic nitrogens is 4. The first kappa shape index (κ1) is 22.8. The molecule has 0 spiro atoms. The minimum Gasteiger partial charge on any atom is -0.264 e. The molecule has 4 rings (SSSR count). The molecule has 30 heavy (non-hydrogen) atoms. The molecule has 0 unspecified atom stereocenters. The molecule has 0 N–H and O–H groups in total. The van der Waals surface area contributed by atoms with E-state index in [0.29, 0.717) is 0 Å². The molecule has 9 nitrogen and oxygen atoms in total. The van der Waals surface area contributed by atoms with Crippen LogP contribution in [0.4, 0.5) is 0 Å². The first-order valence-electron chi connectivity index (χ1n) is 8.39. The van der Waals surface area contributed by atoms with Crippen LogP contribution in [-0.2, 0) is 24.9 Å². The Morgan fingerprint density at radius 1 is 0.567 bits per heavy atom.